The van der Waals surface area contributed by atoms with Gasteiger partial charge in [-0.25, -0.2) is 4.98 Å². The molecule has 2 heterocycles. The molecule has 0 saturated carbocycles. The number of amides is 1. The lowest BCUT2D eigenvalue weighted by atomic mass is 10.2. The minimum Gasteiger partial charge on any atom is -0.368 e. The molecule has 4 rings (SSSR count). The van der Waals surface area contributed by atoms with E-state index in [2.05, 4.69) is 46.1 Å². The number of hydrogen-bond acceptors (Lipinski definition) is 5. The van der Waals surface area contributed by atoms with Crippen molar-refractivity contribution in [3.05, 3.63) is 87.8 Å². The van der Waals surface area contributed by atoms with Gasteiger partial charge in [-0.05, 0) is 30.2 Å². The molecule has 1 aliphatic rings. The summed E-state index contributed by atoms with van der Waals surface area (Å²) in [7, 11) is 0. The van der Waals surface area contributed by atoms with Crippen LogP contribution in [0, 0.1) is 6.92 Å². The molecule has 0 radical (unpaired) electrons. The molecule has 31 heavy (non-hydrogen) atoms. The van der Waals surface area contributed by atoms with Gasteiger partial charge in [0.05, 0.1) is 12.1 Å². The van der Waals surface area contributed by atoms with E-state index in [9.17, 15) is 9.59 Å². The summed E-state index contributed by atoms with van der Waals surface area (Å²) in [6, 6.07) is 19.9. The number of benzene rings is 2. The third-order valence-electron chi connectivity index (χ3n) is 5.32. The van der Waals surface area contributed by atoms with Crippen LogP contribution in [0.1, 0.15) is 16.8 Å². The van der Waals surface area contributed by atoms with Crippen molar-refractivity contribution in [2.24, 2.45) is 0 Å². The fraction of sp³-hybridized carbons (Fsp3) is 0.292. The van der Waals surface area contributed by atoms with E-state index in [0.29, 0.717) is 29.7 Å². The van der Waals surface area contributed by atoms with Gasteiger partial charge in [-0.3, -0.25) is 9.59 Å². The summed E-state index contributed by atoms with van der Waals surface area (Å²) in [6.45, 7) is 5.04. The lowest BCUT2D eigenvalue weighted by Crippen LogP contribution is -2.49. The topological polar surface area (TPSA) is 69.3 Å². The predicted molar refractivity (Wildman–Crippen MR) is 125 cm³/mol. The molecular weight excluding hydrogens is 408 g/mol. The number of hydrogen-bond donors (Lipinski definition) is 1. The van der Waals surface area contributed by atoms with Gasteiger partial charge >= 0.3 is 0 Å². The maximum atomic E-state index is 12.8. The molecule has 0 aliphatic carbocycles. The Balaban J connectivity index is 1.34. The van der Waals surface area contributed by atoms with Crippen molar-refractivity contribution >= 4 is 23.4 Å². The van der Waals surface area contributed by atoms with Crippen molar-refractivity contribution in [1.82, 2.24) is 14.9 Å². The van der Waals surface area contributed by atoms with E-state index in [-0.39, 0.29) is 17.9 Å². The largest absolute Gasteiger partial charge is 0.368 e. The number of H-pyrrole nitrogens is 1. The van der Waals surface area contributed by atoms with Crippen LogP contribution < -0.4 is 10.5 Å². The number of anilines is 1. The predicted octanol–water partition coefficient (Wildman–Crippen LogP) is 3.26. The number of thioether (sulfide) groups is 1. The second-order valence-corrected chi connectivity index (χ2v) is 8.66. The molecule has 160 valence electrons. The summed E-state index contributed by atoms with van der Waals surface area (Å²) in [6.07, 6.45) is 0.146. The summed E-state index contributed by atoms with van der Waals surface area (Å²) in [5.41, 5.74) is 3.88. The molecule has 1 fully saturated rings. The van der Waals surface area contributed by atoms with Crippen LogP contribution in [0.2, 0.25) is 0 Å². The third kappa shape index (κ3) is 5.76. The smallest absolute Gasteiger partial charge is 0.251 e. The number of aromatic amines is 1. The van der Waals surface area contributed by atoms with Crippen LogP contribution in [0.15, 0.2) is 70.6 Å². The normalized spacial score (nSPS) is 14.0. The van der Waals surface area contributed by atoms with E-state index < -0.39 is 0 Å². The Morgan fingerprint density at radius 2 is 1.81 bits per heavy atom. The highest BCUT2D eigenvalue weighted by molar-refractivity contribution is 7.98. The van der Waals surface area contributed by atoms with Crippen LogP contribution in [0.5, 0.6) is 0 Å². The minimum absolute atomic E-state index is 0.0148. The first-order valence-electron chi connectivity index (χ1n) is 10.4. The summed E-state index contributed by atoms with van der Waals surface area (Å²) >= 11 is 1.47. The number of rotatable bonds is 6. The quantitative estimate of drug-likeness (QED) is 0.476. The molecule has 0 atom stereocenters. The first-order valence-corrected chi connectivity index (χ1v) is 11.4. The molecule has 2 aromatic carbocycles. The molecule has 7 heteroatoms. The van der Waals surface area contributed by atoms with E-state index in [4.69, 9.17) is 0 Å². The number of nitrogens with zero attached hydrogens (tertiary/aromatic N) is 3. The van der Waals surface area contributed by atoms with E-state index in [1.165, 1.54) is 29.1 Å². The van der Waals surface area contributed by atoms with Gasteiger partial charge in [0.1, 0.15) is 0 Å². The number of aromatic nitrogens is 2. The summed E-state index contributed by atoms with van der Waals surface area (Å²) < 4.78 is 0. The van der Waals surface area contributed by atoms with E-state index in [1.807, 2.05) is 35.2 Å². The highest BCUT2D eigenvalue weighted by Gasteiger charge is 2.22. The maximum Gasteiger partial charge on any atom is 0.251 e. The van der Waals surface area contributed by atoms with Crippen molar-refractivity contribution in [3.63, 3.8) is 0 Å². The summed E-state index contributed by atoms with van der Waals surface area (Å²) in [5, 5.41) is 0.545. The molecule has 3 aromatic rings. The van der Waals surface area contributed by atoms with Gasteiger partial charge in [-0.1, -0.05) is 54.2 Å². The molecule has 1 N–H and O–H groups in total. The Bertz CT molecular complexity index is 1090. The van der Waals surface area contributed by atoms with Crippen LogP contribution in [-0.2, 0) is 17.0 Å². The summed E-state index contributed by atoms with van der Waals surface area (Å²) in [4.78, 5) is 36.3. The van der Waals surface area contributed by atoms with E-state index >= 15 is 0 Å². The molecule has 1 aliphatic heterocycles. The monoisotopic (exact) mass is 434 g/mol. The average Bonchev–Trinajstić information content (AvgIpc) is 2.78. The lowest BCUT2D eigenvalue weighted by molar-refractivity contribution is -0.130. The van der Waals surface area contributed by atoms with Gasteiger partial charge < -0.3 is 14.8 Å². The number of carbonyl (C=O) groups excluding carboxylic acids is 1. The zero-order valence-electron chi connectivity index (χ0n) is 17.6. The maximum absolute atomic E-state index is 12.8. The average molecular weight is 435 g/mol. The van der Waals surface area contributed by atoms with Crippen molar-refractivity contribution in [2.75, 3.05) is 31.1 Å². The SMILES string of the molecule is Cc1cccc(N2CCN(C(=O)Cc3cc(=O)[nH]c(SCc4ccccc4)n3)CC2)c1. The second kappa shape index (κ2) is 9.83. The van der Waals surface area contributed by atoms with Gasteiger partial charge in [0.15, 0.2) is 5.16 Å². The molecule has 0 spiro atoms. The van der Waals surface area contributed by atoms with Gasteiger partial charge in [0, 0.05) is 43.7 Å². The van der Waals surface area contributed by atoms with Crippen LogP contribution in [0.25, 0.3) is 0 Å². The first-order chi connectivity index (χ1) is 15.1. The Morgan fingerprint density at radius 3 is 2.55 bits per heavy atom. The Kier molecular flexibility index (Phi) is 6.72. The van der Waals surface area contributed by atoms with E-state index in [0.717, 1.165) is 18.7 Å². The Morgan fingerprint density at radius 1 is 1.03 bits per heavy atom. The third-order valence-corrected chi connectivity index (χ3v) is 6.27. The zero-order chi connectivity index (χ0) is 21.6. The lowest BCUT2D eigenvalue weighted by Gasteiger charge is -2.36. The number of aryl methyl sites for hydroxylation is 1. The number of nitrogens with one attached hydrogen (secondary N) is 1. The van der Waals surface area contributed by atoms with Crippen molar-refractivity contribution in [2.45, 2.75) is 24.3 Å². The fourth-order valence-electron chi connectivity index (χ4n) is 3.67. The van der Waals surface area contributed by atoms with Gasteiger partial charge in [0.25, 0.3) is 5.56 Å². The molecule has 1 saturated heterocycles. The minimum atomic E-state index is -0.224. The summed E-state index contributed by atoms with van der Waals surface area (Å²) in [5.74, 6) is 0.725. The molecule has 6 nitrogen and oxygen atoms in total. The second-order valence-electron chi connectivity index (χ2n) is 7.70. The van der Waals surface area contributed by atoms with Crippen LogP contribution in [-0.4, -0.2) is 47.0 Å². The number of piperazine rings is 1. The first kappa shape index (κ1) is 21.2. The van der Waals surface area contributed by atoms with Crippen LogP contribution in [0.4, 0.5) is 5.69 Å². The van der Waals surface area contributed by atoms with Crippen molar-refractivity contribution in [1.29, 1.82) is 0 Å². The number of carbonyl (C=O) groups is 1. The molecule has 0 unspecified atom stereocenters. The molecule has 1 aromatic heterocycles. The van der Waals surface area contributed by atoms with Gasteiger partial charge in [-0.15, -0.1) is 0 Å². The van der Waals surface area contributed by atoms with Gasteiger partial charge in [-0.2, -0.15) is 0 Å². The standard InChI is InChI=1S/C24H26N4O2S/c1-18-6-5-9-21(14-18)27-10-12-28(13-11-27)23(30)16-20-15-22(29)26-24(25-20)31-17-19-7-3-2-4-8-19/h2-9,14-15H,10-13,16-17H2,1H3,(H,25,26,29). The Labute approximate surface area is 186 Å². The highest BCUT2D eigenvalue weighted by atomic mass is 32.2. The fourth-order valence-corrected chi connectivity index (χ4v) is 4.52. The zero-order valence-corrected chi connectivity index (χ0v) is 18.4. The van der Waals surface area contributed by atoms with Crippen LogP contribution in [0.3, 0.4) is 0 Å². The molecule has 0 bridgehead atoms. The van der Waals surface area contributed by atoms with Crippen molar-refractivity contribution in [3.8, 4) is 0 Å². The molecule has 1 amide bonds. The van der Waals surface area contributed by atoms with Crippen molar-refractivity contribution < 1.29 is 4.79 Å². The van der Waals surface area contributed by atoms with Gasteiger partial charge in [0.2, 0.25) is 5.91 Å². The molecular formula is C24H26N4O2S. The van der Waals surface area contributed by atoms with E-state index in [1.54, 1.807) is 0 Å². The highest BCUT2D eigenvalue weighted by Crippen LogP contribution is 2.20. The Hall–Kier alpha value is -3.06. The van der Waals surface area contributed by atoms with Crippen LogP contribution >= 0.6 is 11.8 Å².